The maximum absolute atomic E-state index is 10.7. The Morgan fingerprint density at radius 1 is 1.30 bits per heavy atom. The lowest BCUT2D eigenvalue weighted by atomic mass is 10.3. The van der Waals surface area contributed by atoms with Gasteiger partial charge < -0.3 is 19.6 Å². The molecular weight excluding hydrogens is 266 g/mol. The predicted molar refractivity (Wildman–Crippen MR) is 69.0 cm³/mol. The van der Waals surface area contributed by atoms with Gasteiger partial charge in [0.2, 0.25) is 0 Å². The van der Waals surface area contributed by atoms with Crippen molar-refractivity contribution in [3.05, 3.63) is 34.6 Å². The van der Waals surface area contributed by atoms with E-state index < -0.39 is 4.92 Å². The van der Waals surface area contributed by atoms with E-state index in [0.29, 0.717) is 17.2 Å². The highest BCUT2D eigenvalue weighted by molar-refractivity contribution is 5.55. The second-order valence-corrected chi connectivity index (χ2v) is 3.57. The molecule has 0 amide bonds. The van der Waals surface area contributed by atoms with Crippen molar-refractivity contribution in [1.29, 1.82) is 0 Å². The summed E-state index contributed by atoms with van der Waals surface area (Å²) < 4.78 is 10.2. The van der Waals surface area contributed by atoms with Crippen molar-refractivity contribution in [2.45, 2.75) is 0 Å². The molecule has 20 heavy (non-hydrogen) atoms. The molecule has 2 rings (SSSR count). The first-order valence-corrected chi connectivity index (χ1v) is 5.47. The Morgan fingerprint density at radius 3 is 2.75 bits per heavy atom. The largest absolute Gasteiger partial charge is 0.497 e. The molecule has 1 N–H and O–H groups in total. The third kappa shape index (κ3) is 2.71. The first-order chi connectivity index (χ1) is 9.65. The van der Waals surface area contributed by atoms with Gasteiger partial charge in [0.1, 0.15) is 17.2 Å². The number of benzene rings is 1. The van der Waals surface area contributed by atoms with Crippen molar-refractivity contribution in [3.63, 3.8) is 0 Å². The van der Waals surface area contributed by atoms with E-state index in [-0.39, 0.29) is 11.6 Å². The van der Waals surface area contributed by atoms with Crippen LogP contribution in [-0.4, -0.2) is 29.1 Å². The van der Waals surface area contributed by atoms with E-state index in [0.717, 1.165) is 0 Å². The fraction of sp³-hybridized carbons (Fsp3) is 0.182. The number of nitrogens with zero attached hydrogens (tertiary/aromatic N) is 4. The molecule has 0 radical (unpaired) electrons. The van der Waals surface area contributed by atoms with E-state index in [4.69, 9.17) is 9.47 Å². The molecule has 1 aromatic heterocycles. The maximum Gasteiger partial charge on any atom is 0.369 e. The van der Waals surface area contributed by atoms with E-state index in [1.807, 2.05) is 0 Å². The van der Waals surface area contributed by atoms with Gasteiger partial charge in [-0.15, -0.1) is 10.2 Å². The highest BCUT2D eigenvalue weighted by Gasteiger charge is 2.14. The molecule has 0 saturated heterocycles. The van der Waals surface area contributed by atoms with Gasteiger partial charge in [-0.05, 0) is 17.1 Å². The van der Waals surface area contributed by atoms with Crippen LogP contribution in [-0.2, 0) is 0 Å². The van der Waals surface area contributed by atoms with Crippen molar-refractivity contribution in [3.8, 4) is 11.5 Å². The Balaban J connectivity index is 2.31. The number of imidazole rings is 1. The van der Waals surface area contributed by atoms with Crippen molar-refractivity contribution in [2.75, 3.05) is 14.2 Å². The van der Waals surface area contributed by atoms with Crippen molar-refractivity contribution in [1.82, 2.24) is 9.97 Å². The lowest BCUT2D eigenvalue weighted by Gasteiger charge is -2.05. The number of rotatable bonds is 5. The Kier molecular flexibility index (Phi) is 3.89. The first-order valence-electron chi connectivity index (χ1n) is 5.47. The third-order valence-electron chi connectivity index (χ3n) is 2.42. The number of H-pyrrole nitrogens is 1. The summed E-state index contributed by atoms with van der Waals surface area (Å²) in [7, 11) is 3.01. The van der Waals surface area contributed by atoms with Crippen LogP contribution in [0, 0.1) is 10.1 Å². The summed E-state index contributed by atoms with van der Waals surface area (Å²) in [4.78, 5) is 16.2. The molecule has 1 aromatic carbocycles. The summed E-state index contributed by atoms with van der Waals surface area (Å²) in [6.45, 7) is 0. The molecule has 9 heteroatoms. The van der Waals surface area contributed by atoms with E-state index in [2.05, 4.69) is 20.2 Å². The molecule has 0 bridgehead atoms. The summed E-state index contributed by atoms with van der Waals surface area (Å²) in [5.41, 5.74) is 0.408. The second-order valence-electron chi connectivity index (χ2n) is 3.57. The second kappa shape index (κ2) is 5.78. The lowest BCUT2D eigenvalue weighted by molar-refractivity contribution is -0.388. The van der Waals surface area contributed by atoms with Crippen LogP contribution >= 0.6 is 0 Å². The topological polar surface area (TPSA) is 115 Å². The molecule has 0 saturated carbocycles. The zero-order chi connectivity index (χ0) is 14.5. The molecule has 0 aliphatic heterocycles. The zero-order valence-corrected chi connectivity index (χ0v) is 10.7. The van der Waals surface area contributed by atoms with Gasteiger partial charge in [0, 0.05) is 6.07 Å². The van der Waals surface area contributed by atoms with E-state index in [9.17, 15) is 10.1 Å². The Hall–Kier alpha value is -2.97. The zero-order valence-electron chi connectivity index (χ0n) is 10.7. The minimum atomic E-state index is -0.618. The standard InChI is InChI=1S/C11H11N5O4/c1-19-7-3-4-8(9(5-7)20-2)14-15-10-11(16(17)18)13-6-12-10/h3-6H,1-2H3,(H,12,13). The van der Waals surface area contributed by atoms with Crippen LogP contribution in [0.4, 0.5) is 17.3 Å². The van der Waals surface area contributed by atoms with Crippen LogP contribution in [0.5, 0.6) is 11.5 Å². The van der Waals surface area contributed by atoms with Crippen LogP contribution in [0.25, 0.3) is 0 Å². The van der Waals surface area contributed by atoms with E-state index in [1.54, 1.807) is 18.2 Å². The SMILES string of the molecule is COc1ccc(N=Nc2nc[nH]c2[N+](=O)[O-])c(OC)c1. The number of ether oxygens (including phenoxy) is 2. The van der Waals surface area contributed by atoms with Crippen LogP contribution in [0.2, 0.25) is 0 Å². The molecule has 0 aliphatic carbocycles. The highest BCUT2D eigenvalue weighted by Crippen LogP contribution is 2.33. The summed E-state index contributed by atoms with van der Waals surface area (Å²) in [6.07, 6.45) is 1.18. The van der Waals surface area contributed by atoms with E-state index >= 15 is 0 Å². The molecule has 9 nitrogen and oxygen atoms in total. The molecule has 1 heterocycles. The molecule has 0 unspecified atom stereocenters. The number of hydrogen-bond acceptors (Lipinski definition) is 7. The number of nitrogens with one attached hydrogen (secondary N) is 1. The monoisotopic (exact) mass is 277 g/mol. The normalized spacial score (nSPS) is 10.7. The summed E-state index contributed by atoms with van der Waals surface area (Å²) in [6, 6.07) is 4.93. The minimum absolute atomic E-state index is 0.104. The van der Waals surface area contributed by atoms with Crippen LogP contribution in [0.1, 0.15) is 0 Å². The van der Waals surface area contributed by atoms with Gasteiger partial charge in [-0.1, -0.05) is 0 Å². The van der Waals surface area contributed by atoms with Crippen molar-refractivity contribution in [2.24, 2.45) is 10.2 Å². The van der Waals surface area contributed by atoms with Crippen LogP contribution in [0.3, 0.4) is 0 Å². The molecule has 0 aliphatic rings. The van der Waals surface area contributed by atoms with Gasteiger partial charge in [-0.2, -0.15) is 4.98 Å². The Bertz CT molecular complexity index is 652. The molecule has 2 aromatic rings. The minimum Gasteiger partial charge on any atom is -0.497 e. The molecule has 0 spiro atoms. The first kappa shape index (κ1) is 13.5. The average molecular weight is 277 g/mol. The number of methoxy groups -OCH3 is 2. The fourth-order valence-corrected chi connectivity index (χ4v) is 1.46. The molecule has 104 valence electrons. The maximum atomic E-state index is 10.7. The van der Waals surface area contributed by atoms with Gasteiger partial charge >= 0.3 is 5.82 Å². The lowest BCUT2D eigenvalue weighted by Crippen LogP contribution is -1.88. The fourth-order valence-electron chi connectivity index (χ4n) is 1.46. The summed E-state index contributed by atoms with van der Waals surface area (Å²) in [5.74, 6) is 0.618. The Labute approximate surface area is 113 Å². The predicted octanol–water partition coefficient (Wildman–Crippen LogP) is 2.75. The van der Waals surface area contributed by atoms with E-state index in [1.165, 1.54) is 20.5 Å². The Morgan fingerprint density at radius 2 is 2.10 bits per heavy atom. The molecular formula is C11H11N5O4. The number of aromatic amines is 1. The summed E-state index contributed by atoms with van der Waals surface area (Å²) in [5, 5.41) is 18.3. The number of azo groups is 1. The quantitative estimate of drug-likeness (QED) is 0.512. The van der Waals surface area contributed by atoms with Crippen molar-refractivity contribution < 1.29 is 14.4 Å². The number of hydrogen-bond donors (Lipinski definition) is 1. The molecule has 0 fully saturated rings. The summed E-state index contributed by atoms with van der Waals surface area (Å²) >= 11 is 0. The van der Waals surface area contributed by atoms with Gasteiger partial charge in [-0.3, -0.25) is 0 Å². The number of aromatic nitrogens is 2. The van der Waals surface area contributed by atoms with Gasteiger partial charge in [0.05, 0.1) is 14.2 Å². The van der Waals surface area contributed by atoms with Crippen LogP contribution < -0.4 is 9.47 Å². The highest BCUT2D eigenvalue weighted by atomic mass is 16.6. The smallest absolute Gasteiger partial charge is 0.369 e. The number of nitro groups is 1. The molecule has 0 atom stereocenters. The van der Waals surface area contributed by atoms with Gasteiger partial charge in [0.25, 0.3) is 5.82 Å². The van der Waals surface area contributed by atoms with Gasteiger partial charge in [0.15, 0.2) is 6.33 Å². The van der Waals surface area contributed by atoms with Crippen LogP contribution in [0.15, 0.2) is 34.8 Å². The average Bonchev–Trinajstić information content (AvgIpc) is 2.93. The third-order valence-corrected chi connectivity index (χ3v) is 2.42. The van der Waals surface area contributed by atoms with Gasteiger partial charge in [-0.25, -0.2) is 4.98 Å². The van der Waals surface area contributed by atoms with Crippen molar-refractivity contribution >= 4 is 17.3 Å².